The van der Waals surface area contributed by atoms with Crippen LogP contribution in [0.25, 0.3) is 0 Å². The second kappa shape index (κ2) is 9.23. The molecule has 0 aliphatic rings. The lowest BCUT2D eigenvalue weighted by Gasteiger charge is -2.03. The van der Waals surface area contributed by atoms with Crippen LogP contribution >= 0.6 is 0 Å². The number of carbonyl (C=O) groups is 1. The summed E-state index contributed by atoms with van der Waals surface area (Å²) in [6.07, 6.45) is 3.35. The van der Waals surface area contributed by atoms with E-state index in [1.165, 1.54) is 0 Å². The Bertz CT molecular complexity index is 195. The maximum Gasteiger partial charge on any atom is 0.305 e. The topological polar surface area (TPSA) is 78.7 Å². The molecule has 0 atom stereocenters. The number of rotatable bonds is 9. The first-order chi connectivity index (χ1) is 7.16. The maximum atomic E-state index is 11.0. The van der Waals surface area contributed by atoms with Crippen LogP contribution in [0, 0.1) is 10.1 Å². The van der Waals surface area contributed by atoms with Crippen molar-refractivity contribution in [2.75, 3.05) is 13.2 Å². The Morgan fingerprint density at radius 2 is 1.93 bits per heavy atom. The van der Waals surface area contributed by atoms with Crippen LogP contribution < -0.4 is 0 Å². The molecule has 0 rings (SSSR count). The molecule has 0 saturated heterocycles. The van der Waals surface area contributed by atoms with Gasteiger partial charge in [-0.1, -0.05) is 13.3 Å². The Morgan fingerprint density at radius 3 is 2.53 bits per heavy atom. The van der Waals surface area contributed by atoms with Crippen molar-refractivity contribution in [3.8, 4) is 0 Å². The average molecular weight is 219 g/mol. The molecule has 6 nitrogen and oxygen atoms in total. The molecule has 0 bridgehead atoms. The van der Waals surface area contributed by atoms with E-state index >= 15 is 0 Å². The van der Waals surface area contributed by atoms with Gasteiger partial charge in [0.2, 0.25) is 0 Å². The number of esters is 1. The molecular weight excluding hydrogens is 202 g/mol. The molecular formula is C9H17NO5. The molecule has 0 N–H and O–H groups in total. The summed E-state index contributed by atoms with van der Waals surface area (Å²) < 4.78 is 4.89. The zero-order chi connectivity index (χ0) is 11.5. The fraction of sp³-hybridized carbons (Fsp3) is 0.889. The summed E-state index contributed by atoms with van der Waals surface area (Å²) in [4.78, 5) is 24.8. The van der Waals surface area contributed by atoms with Gasteiger partial charge in [0.1, 0.15) is 0 Å². The summed E-state index contributed by atoms with van der Waals surface area (Å²) in [5.74, 6) is -0.202. The first-order valence-corrected chi connectivity index (χ1v) is 5.09. The first kappa shape index (κ1) is 13.7. The third kappa shape index (κ3) is 10.6. The maximum absolute atomic E-state index is 11.0. The van der Waals surface area contributed by atoms with Crippen LogP contribution in [0.1, 0.15) is 39.0 Å². The Kier molecular flexibility index (Phi) is 8.42. The van der Waals surface area contributed by atoms with Crippen LogP contribution in [0.5, 0.6) is 0 Å². The van der Waals surface area contributed by atoms with Crippen molar-refractivity contribution in [3.05, 3.63) is 10.1 Å². The molecule has 6 heteroatoms. The normalized spacial score (nSPS) is 9.67. The van der Waals surface area contributed by atoms with E-state index in [0.29, 0.717) is 25.9 Å². The van der Waals surface area contributed by atoms with Crippen molar-refractivity contribution < 1.29 is 19.5 Å². The van der Waals surface area contributed by atoms with E-state index < -0.39 is 5.09 Å². The Labute approximate surface area is 88.7 Å². The van der Waals surface area contributed by atoms with Crippen molar-refractivity contribution in [1.82, 2.24) is 0 Å². The third-order valence-corrected chi connectivity index (χ3v) is 1.73. The SMILES string of the molecule is CCCCC(=O)OCCCCO[N+](=O)[O-]. The number of carbonyl (C=O) groups excluding carboxylic acids is 1. The molecule has 0 heterocycles. The molecule has 0 radical (unpaired) electrons. The average Bonchev–Trinajstić information content (AvgIpc) is 2.19. The summed E-state index contributed by atoms with van der Waals surface area (Å²) >= 11 is 0. The van der Waals surface area contributed by atoms with Crippen molar-refractivity contribution in [1.29, 1.82) is 0 Å². The highest BCUT2D eigenvalue weighted by atomic mass is 16.9. The van der Waals surface area contributed by atoms with Gasteiger partial charge in [-0.2, -0.15) is 0 Å². The standard InChI is InChI=1S/C9H17NO5/c1-2-3-6-9(11)14-7-4-5-8-15-10(12)13/h2-8H2,1H3. The highest BCUT2D eigenvalue weighted by Gasteiger charge is 2.01. The van der Waals surface area contributed by atoms with E-state index in [4.69, 9.17) is 4.74 Å². The summed E-state index contributed by atoms with van der Waals surface area (Å²) in [6.45, 7) is 2.37. The molecule has 88 valence electrons. The lowest BCUT2D eigenvalue weighted by Crippen LogP contribution is -2.07. The van der Waals surface area contributed by atoms with E-state index in [1.807, 2.05) is 6.92 Å². The van der Waals surface area contributed by atoms with Crippen LogP contribution in [-0.4, -0.2) is 24.3 Å². The molecule has 0 aromatic carbocycles. The van der Waals surface area contributed by atoms with Gasteiger partial charge < -0.3 is 9.57 Å². The minimum Gasteiger partial charge on any atom is -0.466 e. The van der Waals surface area contributed by atoms with E-state index in [0.717, 1.165) is 12.8 Å². The van der Waals surface area contributed by atoms with Gasteiger partial charge in [-0.15, -0.1) is 10.1 Å². The van der Waals surface area contributed by atoms with Crippen LogP contribution in [0.4, 0.5) is 0 Å². The van der Waals surface area contributed by atoms with E-state index in [-0.39, 0.29) is 12.6 Å². The quantitative estimate of drug-likeness (QED) is 0.255. The largest absolute Gasteiger partial charge is 0.466 e. The fourth-order valence-electron chi connectivity index (χ4n) is 0.922. The van der Waals surface area contributed by atoms with Crippen LogP contribution in [0.2, 0.25) is 0 Å². The summed E-state index contributed by atoms with van der Waals surface area (Å²) in [5.41, 5.74) is 0. The third-order valence-electron chi connectivity index (χ3n) is 1.73. The zero-order valence-corrected chi connectivity index (χ0v) is 8.94. The molecule has 0 saturated carbocycles. The number of hydrogen-bond donors (Lipinski definition) is 0. The monoisotopic (exact) mass is 219 g/mol. The van der Waals surface area contributed by atoms with E-state index in [9.17, 15) is 14.9 Å². The smallest absolute Gasteiger partial charge is 0.305 e. The molecule has 0 fully saturated rings. The van der Waals surface area contributed by atoms with E-state index in [1.54, 1.807) is 0 Å². The molecule has 0 aliphatic heterocycles. The van der Waals surface area contributed by atoms with Crippen molar-refractivity contribution in [3.63, 3.8) is 0 Å². The molecule has 0 unspecified atom stereocenters. The summed E-state index contributed by atoms with van der Waals surface area (Å²) in [7, 11) is 0. The minimum absolute atomic E-state index is 0.0551. The van der Waals surface area contributed by atoms with Crippen molar-refractivity contribution in [2.24, 2.45) is 0 Å². The van der Waals surface area contributed by atoms with Crippen LogP contribution in [-0.2, 0) is 14.4 Å². The van der Waals surface area contributed by atoms with Gasteiger partial charge in [0, 0.05) is 6.42 Å². The molecule has 15 heavy (non-hydrogen) atoms. The molecule has 0 aromatic rings. The second-order valence-electron chi connectivity index (χ2n) is 3.09. The highest BCUT2D eigenvalue weighted by Crippen LogP contribution is 1.98. The van der Waals surface area contributed by atoms with Crippen molar-refractivity contribution >= 4 is 5.97 Å². The number of hydrogen-bond acceptors (Lipinski definition) is 5. The second-order valence-corrected chi connectivity index (χ2v) is 3.09. The van der Waals surface area contributed by atoms with Gasteiger partial charge in [-0.05, 0) is 19.3 Å². The van der Waals surface area contributed by atoms with Gasteiger partial charge in [-0.3, -0.25) is 4.79 Å². The van der Waals surface area contributed by atoms with Crippen LogP contribution in [0.3, 0.4) is 0 Å². The van der Waals surface area contributed by atoms with Gasteiger partial charge in [0.15, 0.2) is 0 Å². The first-order valence-electron chi connectivity index (χ1n) is 5.09. The number of nitrogens with zero attached hydrogens (tertiary/aromatic N) is 1. The van der Waals surface area contributed by atoms with Gasteiger partial charge in [0.25, 0.3) is 5.09 Å². The predicted molar refractivity (Wildman–Crippen MR) is 52.7 cm³/mol. The highest BCUT2D eigenvalue weighted by molar-refractivity contribution is 5.69. The minimum atomic E-state index is -0.826. The summed E-state index contributed by atoms with van der Waals surface area (Å²) in [6, 6.07) is 0. The van der Waals surface area contributed by atoms with Gasteiger partial charge in [0.05, 0.1) is 13.2 Å². The zero-order valence-electron chi connectivity index (χ0n) is 8.94. The van der Waals surface area contributed by atoms with Crippen LogP contribution in [0.15, 0.2) is 0 Å². The Hall–Kier alpha value is -1.33. The predicted octanol–water partition coefficient (Wildman–Crippen LogP) is 1.71. The lowest BCUT2D eigenvalue weighted by molar-refractivity contribution is -0.757. The Morgan fingerprint density at radius 1 is 1.27 bits per heavy atom. The number of ether oxygens (including phenoxy) is 1. The molecule has 0 amide bonds. The molecule has 0 aromatic heterocycles. The fourth-order valence-corrected chi connectivity index (χ4v) is 0.922. The van der Waals surface area contributed by atoms with Crippen molar-refractivity contribution in [2.45, 2.75) is 39.0 Å². The molecule has 0 spiro atoms. The van der Waals surface area contributed by atoms with Gasteiger partial charge in [-0.25, -0.2) is 0 Å². The number of unbranched alkanes of at least 4 members (excludes halogenated alkanes) is 2. The lowest BCUT2D eigenvalue weighted by atomic mass is 10.2. The summed E-state index contributed by atoms with van der Waals surface area (Å²) in [5, 5.41) is 8.93. The van der Waals surface area contributed by atoms with Gasteiger partial charge >= 0.3 is 5.97 Å². The Balaban J connectivity index is 3.16. The van der Waals surface area contributed by atoms with E-state index in [2.05, 4.69) is 4.84 Å². The molecule has 0 aliphatic carbocycles.